The summed E-state index contributed by atoms with van der Waals surface area (Å²) < 4.78 is 0. The summed E-state index contributed by atoms with van der Waals surface area (Å²) in [7, 11) is 0. The predicted molar refractivity (Wildman–Crippen MR) is 434 cm³/mol. The first-order chi connectivity index (χ1) is 54.2. The monoisotopic (exact) mass is 1610 g/mol. The van der Waals surface area contributed by atoms with E-state index in [0.717, 1.165) is 0 Å². The summed E-state index contributed by atoms with van der Waals surface area (Å²) in [4.78, 5) is 201. The Hall–Kier alpha value is -11.3. The van der Waals surface area contributed by atoms with Crippen molar-refractivity contribution in [2.75, 3.05) is 51.3 Å². The number of thioether (sulfide) groups is 1. The summed E-state index contributed by atoms with van der Waals surface area (Å²) in [5.74, 6) is -12.2. The van der Waals surface area contributed by atoms with Gasteiger partial charge in [0.25, 0.3) is 0 Å². The molecule has 0 saturated carbocycles. The summed E-state index contributed by atoms with van der Waals surface area (Å²) in [5, 5.41) is 39.8. The van der Waals surface area contributed by atoms with Crippen molar-refractivity contribution in [3.63, 3.8) is 0 Å². The van der Waals surface area contributed by atoms with Gasteiger partial charge in [0, 0.05) is 73.1 Å². The first-order valence-electron chi connectivity index (χ1n) is 38.0. The first kappa shape index (κ1) is 95.0. The Morgan fingerprint density at radius 1 is 0.430 bits per heavy atom. The minimum absolute atomic E-state index is 0.00903. The molecule has 11 atom stereocenters. The molecular formula is C73H118N26O14S. The number of aromatic nitrogens is 2. The molecule has 41 heteroatoms. The van der Waals surface area contributed by atoms with Gasteiger partial charge in [0.15, 0.2) is 17.9 Å². The van der Waals surface area contributed by atoms with Gasteiger partial charge in [0.1, 0.15) is 60.4 Å². The van der Waals surface area contributed by atoms with E-state index in [1.54, 1.807) is 81.0 Å². The van der Waals surface area contributed by atoms with Crippen LogP contribution in [0.5, 0.6) is 0 Å². The van der Waals surface area contributed by atoms with Gasteiger partial charge in [-0.05, 0) is 158 Å². The molecule has 4 rings (SSSR count). The highest BCUT2D eigenvalue weighted by molar-refractivity contribution is 7.98. The molecule has 0 unspecified atom stereocenters. The number of nitrogens with zero attached hydrogens (tertiary/aromatic N) is 3. The molecule has 2 aromatic heterocycles. The number of H-pyrrole nitrogens is 2. The maximum absolute atomic E-state index is 15.3. The van der Waals surface area contributed by atoms with Crippen LogP contribution in [0.25, 0.3) is 21.8 Å². The molecular weight excluding hydrogens is 1500 g/mol. The van der Waals surface area contributed by atoms with Crippen molar-refractivity contribution in [3.05, 3.63) is 72.1 Å². The van der Waals surface area contributed by atoms with E-state index in [4.69, 9.17) is 57.3 Å². The van der Waals surface area contributed by atoms with Crippen molar-refractivity contribution in [2.45, 2.75) is 203 Å². The lowest BCUT2D eigenvalue weighted by atomic mass is 10.0. The van der Waals surface area contributed by atoms with E-state index in [1.807, 2.05) is 0 Å². The van der Waals surface area contributed by atoms with E-state index < -0.39 is 163 Å². The molecule has 12 amide bonds. The number of aliphatic carboxylic acids is 1. The number of nitrogens with two attached hydrogens (primary N) is 10. The van der Waals surface area contributed by atoms with Gasteiger partial charge >= 0.3 is 5.97 Å². The summed E-state index contributed by atoms with van der Waals surface area (Å²) in [5.41, 5.74) is 59.5. The summed E-state index contributed by atoms with van der Waals surface area (Å²) in [6.07, 6.45) is 5.46. The Labute approximate surface area is 665 Å². The number of guanidine groups is 3. The average molecular weight is 1620 g/mol. The third-order valence-corrected chi connectivity index (χ3v) is 18.8. The number of hydrogen-bond donors (Lipinski definition) is 24. The highest BCUT2D eigenvalue weighted by Gasteiger charge is 2.37. The minimum atomic E-state index is -1.68. The molecule has 0 aliphatic carbocycles. The number of carbonyl (C=O) groups excluding carboxylic acids is 12. The normalized spacial score (nSPS) is 14.0. The zero-order valence-electron chi connectivity index (χ0n) is 65.2. The van der Waals surface area contributed by atoms with Crippen LogP contribution in [0.15, 0.2) is 75.9 Å². The van der Waals surface area contributed by atoms with Gasteiger partial charge in [-0.2, -0.15) is 11.8 Å². The maximum Gasteiger partial charge on any atom is 0.325 e. The van der Waals surface area contributed by atoms with Crippen LogP contribution in [0.1, 0.15) is 135 Å². The molecule has 114 heavy (non-hydrogen) atoms. The summed E-state index contributed by atoms with van der Waals surface area (Å²) in [6.45, 7) is 4.81. The van der Waals surface area contributed by atoms with Crippen molar-refractivity contribution in [1.29, 1.82) is 0 Å². The zero-order chi connectivity index (χ0) is 84.4. The molecule has 34 N–H and O–H groups in total. The molecule has 0 bridgehead atoms. The van der Waals surface area contributed by atoms with Crippen LogP contribution < -0.4 is 116 Å². The molecule has 0 spiro atoms. The molecule has 0 radical (unpaired) electrons. The number of unbranched alkanes of at least 4 members (excludes halogenated alkanes) is 2. The lowest BCUT2D eigenvalue weighted by Gasteiger charge is -2.28. The quantitative estimate of drug-likeness (QED) is 0.0112. The van der Waals surface area contributed by atoms with Crippen molar-refractivity contribution in [3.8, 4) is 0 Å². The van der Waals surface area contributed by atoms with Crippen LogP contribution in [0, 0.1) is 5.92 Å². The Kier molecular flexibility index (Phi) is 42.2. The Morgan fingerprint density at radius 3 is 1.16 bits per heavy atom. The smallest absolute Gasteiger partial charge is 0.325 e. The van der Waals surface area contributed by atoms with Gasteiger partial charge in [-0.1, -0.05) is 50.2 Å². The second kappa shape index (κ2) is 50.6. The number of rotatable bonds is 55. The molecule has 0 aliphatic heterocycles. The van der Waals surface area contributed by atoms with Crippen molar-refractivity contribution in [1.82, 2.24) is 68.5 Å². The largest absolute Gasteiger partial charge is 0.480 e. The predicted octanol–water partition coefficient (Wildman–Crippen LogP) is -4.69. The third kappa shape index (κ3) is 34.7. The molecule has 4 aromatic rings. The number of aromatic amines is 2. The van der Waals surface area contributed by atoms with Crippen molar-refractivity contribution in [2.24, 2.45) is 78.2 Å². The molecule has 0 fully saturated rings. The van der Waals surface area contributed by atoms with Gasteiger partial charge in [0.2, 0.25) is 70.9 Å². The molecule has 2 aromatic carbocycles. The fraction of sp³-hybridized carbons (Fsp3) is 0.562. The van der Waals surface area contributed by atoms with Gasteiger partial charge < -0.3 is 131 Å². The highest BCUT2D eigenvalue weighted by Crippen LogP contribution is 2.22. The first-order valence-corrected chi connectivity index (χ1v) is 39.4. The van der Waals surface area contributed by atoms with E-state index in [-0.39, 0.29) is 133 Å². The van der Waals surface area contributed by atoms with E-state index in [9.17, 15) is 48.3 Å². The molecule has 0 aliphatic rings. The van der Waals surface area contributed by atoms with E-state index in [2.05, 4.69) is 83.4 Å². The van der Waals surface area contributed by atoms with Crippen LogP contribution >= 0.6 is 11.8 Å². The topological polar surface area (TPSA) is 703 Å². The van der Waals surface area contributed by atoms with Gasteiger partial charge in [-0.15, -0.1) is 0 Å². The zero-order valence-corrected chi connectivity index (χ0v) is 66.0. The number of fused-ring (bicyclic) bond motifs is 2. The van der Waals surface area contributed by atoms with Crippen molar-refractivity contribution < 1.29 is 67.4 Å². The van der Waals surface area contributed by atoms with Crippen LogP contribution in [-0.2, 0) is 75.2 Å². The number of carboxylic acids is 1. The fourth-order valence-corrected chi connectivity index (χ4v) is 12.5. The lowest BCUT2D eigenvalue weighted by Crippen LogP contribution is -2.61. The second-order valence-electron chi connectivity index (χ2n) is 28.0. The van der Waals surface area contributed by atoms with Crippen LogP contribution in [-0.4, -0.2) is 228 Å². The van der Waals surface area contributed by atoms with Crippen LogP contribution in [0.2, 0.25) is 0 Å². The average Bonchev–Trinajstić information content (AvgIpc) is 1.65. The van der Waals surface area contributed by atoms with Gasteiger partial charge in [-0.3, -0.25) is 77.3 Å². The highest BCUT2D eigenvalue weighted by atomic mass is 32.2. The van der Waals surface area contributed by atoms with Crippen molar-refractivity contribution >= 4 is 128 Å². The SMILES string of the molecule is CSCC[C@H](NC(=O)[C@H](CCCN=C(N)N)NC(=O)[C@H](Cc1c[nH]c2ccccc12)NC(=O)[C@H](CCC(N)=O)NC(=O)[C@H](Cc1c[nH]c2ccccc12)NC(=O)[C@H](CCCN=C(N)N)NC(=O)[C@@H](N)CCCN=C(N)N)C(=O)N[C@@H](CCCCN)C(=O)N[C@@H](CCCCN)C(=O)N[C@@H](CC(C)C)C(=O)NCC(=O)N[C@@H](C)C(=O)O. The number of primary amides is 1. The summed E-state index contributed by atoms with van der Waals surface area (Å²) in [6, 6.07) is -1.21. The number of aliphatic imine (C=N–C) groups is 3. The van der Waals surface area contributed by atoms with Crippen LogP contribution in [0.3, 0.4) is 0 Å². The van der Waals surface area contributed by atoms with Gasteiger partial charge in [-0.25, -0.2) is 0 Å². The Balaban J connectivity index is 1.74. The number of carboxylic acid groups (broad SMARTS) is 1. The second-order valence-corrected chi connectivity index (χ2v) is 28.9. The number of nitrogens with one attached hydrogen (secondary N) is 13. The number of para-hydroxylation sites is 2. The number of amides is 12. The Morgan fingerprint density at radius 2 is 0.781 bits per heavy atom. The molecule has 630 valence electrons. The minimum Gasteiger partial charge on any atom is -0.480 e. The number of benzene rings is 2. The summed E-state index contributed by atoms with van der Waals surface area (Å²) >= 11 is 1.33. The number of carbonyl (C=O) groups is 13. The molecule has 40 nitrogen and oxygen atoms in total. The van der Waals surface area contributed by atoms with Gasteiger partial charge in [0.05, 0.1) is 12.6 Å². The lowest BCUT2D eigenvalue weighted by molar-refractivity contribution is -0.141. The van der Waals surface area contributed by atoms with E-state index in [1.165, 1.54) is 18.7 Å². The molecule has 2 heterocycles. The standard InChI is InChI=1S/C73H118N26O14S/c1-40(2)34-55(61(103)89-39-59(101)90-41(3)70(112)113)97-64(106)50(22-10-12-29-75)92-62(104)49(21-9-11-28-74)93-67(109)54(27-33-114-4)96-63(105)52(24-15-32-86-73(82)83)94-68(110)56(35-42-37-87-47-19-7-5-16-44(42)47)99-66(108)53(25-26-58(77)100)95-69(111)57(36-43-38-88-48-20-8-6-17-45(43)48)98-65(107)51(23-14-31-85-72(80)81)91-60(102)46(76)18-13-30-84-71(78)79/h5-8,16-17,19-20,37-38,40-41,46,49-57,87-88H,9-15,18,21-36,39,74-76H2,1-4H3,(H2,77,100)(H,89,103)(H,90,101)(H,91,102)(H,92,104)(H,93,109)(H,94,110)(H,95,111)(H,96,105)(H,97,106)(H,98,107)(H,99,108)(H,112,113)(H4,78,79,84)(H4,80,81,85)(H4,82,83,86)/t41-,46-,49-,50-,51-,52-,53-,54-,55-,56-,57-/m0/s1. The fourth-order valence-electron chi connectivity index (χ4n) is 12.0. The molecule has 0 saturated heterocycles. The third-order valence-electron chi connectivity index (χ3n) is 18.2. The number of hydrogen-bond acceptors (Lipinski definition) is 20. The maximum atomic E-state index is 15.3. The van der Waals surface area contributed by atoms with Crippen LogP contribution in [0.4, 0.5) is 0 Å². The van der Waals surface area contributed by atoms with E-state index in [0.29, 0.717) is 65.0 Å². The van der Waals surface area contributed by atoms with E-state index >= 15 is 19.2 Å². The Bertz CT molecular complexity index is 3930.